The van der Waals surface area contributed by atoms with Crippen molar-refractivity contribution < 1.29 is 4.90 Å². The van der Waals surface area contributed by atoms with E-state index in [1.165, 1.54) is 42.9 Å². The van der Waals surface area contributed by atoms with Crippen LogP contribution in [0.2, 0.25) is 0 Å². The number of anilines is 2. The topological polar surface area (TPSA) is 31.7 Å². The largest absolute Gasteiger partial charge is 0.372 e. The van der Waals surface area contributed by atoms with Crippen molar-refractivity contribution in [3.63, 3.8) is 0 Å². The maximum Gasteiger partial charge on any atom is 0.170 e. The third-order valence-corrected chi connectivity index (χ3v) is 4.23. The molecule has 1 aromatic carbocycles. The molecule has 0 spiro atoms. The van der Waals surface area contributed by atoms with Gasteiger partial charge >= 0.3 is 0 Å². The molecule has 1 fully saturated rings. The lowest BCUT2D eigenvalue weighted by Gasteiger charge is -2.28. The van der Waals surface area contributed by atoms with Gasteiger partial charge in [0, 0.05) is 37.4 Å². The Morgan fingerprint density at radius 1 is 1.14 bits per heavy atom. The lowest BCUT2D eigenvalue weighted by Crippen LogP contribution is -3.05. The smallest absolute Gasteiger partial charge is 0.170 e. The molecule has 2 rings (SSSR count). The van der Waals surface area contributed by atoms with Gasteiger partial charge in [0.15, 0.2) is 5.11 Å². The van der Waals surface area contributed by atoms with Crippen molar-refractivity contribution in [3.8, 4) is 0 Å². The summed E-state index contributed by atoms with van der Waals surface area (Å²) in [5.74, 6) is 0. The van der Waals surface area contributed by atoms with E-state index in [0.29, 0.717) is 5.11 Å². The minimum atomic E-state index is 0.708. The SMILES string of the molecule is C[NH+](C)CCCNC(=S)Nc1ccc(N2CCCCC2)cc1. The Bertz CT molecular complexity index is 452. The van der Waals surface area contributed by atoms with Crippen LogP contribution >= 0.6 is 12.2 Å². The van der Waals surface area contributed by atoms with E-state index in [2.05, 4.69) is 53.9 Å². The Morgan fingerprint density at radius 2 is 1.82 bits per heavy atom. The summed E-state index contributed by atoms with van der Waals surface area (Å²) in [5, 5.41) is 7.22. The van der Waals surface area contributed by atoms with Gasteiger partial charge in [-0.15, -0.1) is 0 Å². The Labute approximate surface area is 139 Å². The van der Waals surface area contributed by atoms with Crippen LogP contribution < -0.4 is 20.4 Å². The van der Waals surface area contributed by atoms with E-state index < -0.39 is 0 Å². The van der Waals surface area contributed by atoms with Crippen LogP contribution in [0.1, 0.15) is 25.7 Å². The van der Waals surface area contributed by atoms with Crippen molar-refractivity contribution in [1.82, 2.24) is 5.32 Å². The second kappa shape index (κ2) is 8.96. The molecular formula is C17H29N4S+. The summed E-state index contributed by atoms with van der Waals surface area (Å²) in [5.41, 5.74) is 2.37. The van der Waals surface area contributed by atoms with Crippen LogP contribution in [0.4, 0.5) is 11.4 Å². The summed E-state index contributed by atoms with van der Waals surface area (Å²) >= 11 is 5.33. The summed E-state index contributed by atoms with van der Waals surface area (Å²) in [4.78, 5) is 3.93. The number of thiocarbonyl (C=S) groups is 1. The molecule has 0 bridgehead atoms. The van der Waals surface area contributed by atoms with Crippen molar-refractivity contribution in [1.29, 1.82) is 0 Å². The monoisotopic (exact) mass is 321 g/mol. The number of hydrogen-bond acceptors (Lipinski definition) is 2. The Balaban J connectivity index is 1.74. The van der Waals surface area contributed by atoms with Gasteiger partial charge in [-0.3, -0.25) is 0 Å². The van der Waals surface area contributed by atoms with Crippen LogP contribution in [-0.2, 0) is 0 Å². The highest BCUT2D eigenvalue weighted by Crippen LogP contribution is 2.21. The van der Waals surface area contributed by atoms with Gasteiger partial charge in [0.05, 0.1) is 20.6 Å². The molecule has 0 amide bonds. The van der Waals surface area contributed by atoms with Crippen LogP contribution in [0.3, 0.4) is 0 Å². The summed E-state index contributed by atoms with van der Waals surface area (Å²) in [6.45, 7) is 4.43. The second-order valence-electron chi connectivity index (χ2n) is 6.29. The third-order valence-electron chi connectivity index (χ3n) is 3.99. The van der Waals surface area contributed by atoms with Gasteiger partial charge in [0.1, 0.15) is 0 Å². The molecule has 1 aromatic rings. The fourth-order valence-electron chi connectivity index (χ4n) is 2.73. The highest BCUT2D eigenvalue weighted by atomic mass is 32.1. The molecular weight excluding hydrogens is 292 g/mol. The molecule has 1 heterocycles. The quantitative estimate of drug-likeness (QED) is 0.548. The maximum atomic E-state index is 5.33. The van der Waals surface area contributed by atoms with Gasteiger partial charge in [0.2, 0.25) is 0 Å². The molecule has 4 nitrogen and oxygen atoms in total. The van der Waals surface area contributed by atoms with Crippen LogP contribution in [-0.4, -0.2) is 45.4 Å². The van der Waals surface area contributed by atoms with Crippen molar-refractivity contribution in [2.24, 2.45) is 0 Å². The molecule has 0 radical (unpaired) electrons. The van der Waals surface area contributed by atoms with Crippen molar-refractivity contribution in [3.05, 3.63) is 24.3 Å². The highest BCUT2D eigenvalue weighted by molar-refractivity contribution is 7.80. The van der Waals surface area contributed by atoms with Crippen LogP contribution in [0, 0.1) is 0 Å². The Kier molecular flexibility index (Phi) is 6.93. The van der Waals surface area contributed by atoms with Gasteiger partial charge < -0.3 is 20.4 Å². The van der Waals surface area contributed by atoms with Gasteiger partial charge in [0.25, 0.3) is 0 Å². The number of nitrogens with one attached hydrogen (secondary N) is 3. The normalized spacial score (nSPS) is 15.0. The van der Waals surface area contributed by atoms with Gasteiger partial charge in [-0.1, -0.05) is 0 Å². The standard InChI is InChI=1S/C17H28N4S/c1-20(2)12-6-11-18-17(22)19-15-7-9-16(10-8-15)21-13-4-3-5-14-21/h7-10H,3-6,11-14H2,1-2H3,(H2,18,19,22)/p+1. The second-order valence-corrected chi connectivity index (χ2v) is 6.69. The lowest BCUT2D eigenvalue weighted by atomic mass is 10.1. The van der Waals surface area contributed by atoms with Gasteiger partial charge in [-0.25, -0.2) is 0 Å². The first-order valence-corrected chi connectivity index (χ1v) is 8.75. The molecule has 0 aliphatic carbocycles. The van der Waals surface area contributed by atoms with Crippen molar-refractivity contribution >= 4 is 28.7 Å². The number of quaternary nitrogens is 1. The summed E-state index contributed by atoms with van der Waals surface area (Å²) in [6.07, 6.45) is 5.11. The molecule has 122 valence electrons. The number of rotatable bonds is 6. The average molecular weight is 322 g/mol. The molecule has 0 saturated carbocycles. The van der Waals surface area contributed by atoms with E-state index in [9.17, 15) is 0 Å². The molecule has 0 unspecified atom stereocenters. The first kappa shape index (κ1) is 17.0. The van der Waals surface area contributed by atoms with Crippen LogP contribution in [0.15, 0.2) is 24.3 Å². The lowest BCUT2D eigenvalue weighted by molar-refractivity contribution is -0.858. The fraction of sp³-hybridized carbons (Fsp3) is 0.588. The number of benzene rings is 1. The molecule has 22 heavy (non-hydrogen) atoms. The van der Waals surface area contributed by atoms with Crippen molar-refractivity contribution in [2.75, 3.05) is 50.5 Å². The van der Waals surface area contributed by atoms with Crippen molar-refractivity contribution in [2.45, 2.75) is 25.7 Å². The minimum absolute atomic E-state index is 0.708. The van der Waals surface area contributed by atoms with E-state index in [1.807, 2.05) is 0 Å². The number of nitrogens with zero attached hydrogens (tertiary/aromatic N) is 1. The first-order chi connectivity index (χ1) is 10.6. The van der Waals surface area contributed by atoms with E-state index in [-0.39, 0.29) is 0 Å². The fourth-order valence-corrected chi connectivity index (χ4v) is 2.95. The van der Waals surface area contributed by atoms with Gasteiger partial charge in [-0.05, 0) is 55.7 Å². The zero-order valence-electron chi connectivity index (χ0n) is 13.8. The third kappa shape index (κ3) is 5.81. The molecule has 1 saturated heterocycles. The maximum absolute atomic E-state index is 5.33. The van der Waals surface area contributed by atoms with Crippen LogP contribution in [0.5, 0.6) is 0 Å². The number of piperidine rings is 1. The molecule has 5 heteroatoms. The van der Waals surface area contributed by atoms with E-state index in [1.54, 1.807) is 0 Å². The summed E-state index contributed by atoms with van der Waals surface area (Å²) in [7, 11) is 4.33. The summed E-state index contributed by atoms with van der Waals surface area (Å²) in [6, 6.07) is 8.60. The molecule has 1 aliphatic heterocycles. The molecule has 3 N–H and O–H groups in total. The molecule has 1 aliphatic rings. The van der Waals surface area contributed by atoms with Crippen LogP contribution in [0.25, 0.3) is 0 Å². The van der Waals surface area contributed by atoms with E-state index in [0.717, 1.165) is 25.2 Å². The highest BCUT2D eigenvalue weighted by Gasteiger charge is 2.10. The Morgan fingerprint density at radius 3 is 2.45 bits per heavy atom. The van der Waals surface area contributed by atoms with E-state index in [4.69, 9.17) is 12.2 Å². The molecule has 0 atom stereocenters. The van der Waals surface area contributed by atoms with Gasteiger partial charge in [-0.2, -0.15) is 0 Å². The number of hydrogen-bond donors (Lipinski definition) is 3. The average Bonchev–Trinajstić information content (AvgIpc) is 2.53. The first-order valence-electron chi connectivity index (χ1n) is 8.34. The zero-order chi connectivity index (χ0) is 15.8. The Hall–Kier alpha value is -1.33. The molecule has 0 aromatic heterocycles. The zero-order valence-corrected chi connectivity index (χ0v) is 14.6. The minimum Gasteiger partial charge on any atom is -0.372 e. The van der Waals surface area contributed by atoms with E-state index >= 15 is 0 Å². The summed E-state index contributed by atoms with van der Waals surface area (Å²) < 4.78 is 0. The predicted molar refractivity (Wildman–Crippen MR) is 99.0 cm³/mol. The predicted octanol–water partition coefficient (Wildman–Crippen LogP) is 1.50.